The second kappa shape index (κ2) is 9.40. The van der Waals surface area contributed by atoms with Gasteiger partial charge in [-0.05, 0) is 80.2 Å². The minimum Gasteiger partial charge on any atom is -0.444 e. The molecule has 1 aliphatic heterocycles. The van der Waals surface area contributed by atoms with Crippen molar-refractivity contribution in [1.29, 1.82) is 10.5 Å². The smallest absolute Gasteiger partial charge is 0.411 e. The number of nitriles is 2. The maximum absolute atomic E-state index is 15.0. The molecule has 8 nitrogen and oxygen atoms in total. The van der Waals surface area contributed by atoms with Crippen molar-refractivity contribution in [1.82, 2.24) is 15.2 Å². The highest BCUT2D eigenvalue weighted by Crippen LogP contribution is 2.67. The Morgan fingerprint density at radius 3 is 2.55 bits per heavy atom. The lowest BCUT2D eigenvalue weighted by atomic mass is 9.94. The first-order valence-electron chi connectivity index (χ1n) is 12.9. The molecule has 1 saturated heterocycles. The number of aromatic nitrogens is 1. The predicted molar refractivity (Wildman–Crippen MR) is 135 cm³/mol. The fraction of sp³-hybridized carbons (Fsp3) is 0.483. The van der Waals surface area contributed by atoms with Gasteiger partial charge in [0, 0.05) is 24.2 Å². The summed E-state index contributed by atoms with van der Waals surface area (Å²) < 4.78 is 20.6. The first-order valence-corrected chi connectivity index (χ1v) is 12.9. The zero-order chi connectivity index (χ0) is 27.4. The van der Waals surface area contributed by atoms with Crippen LogP contribution in [0.5, 0.6) is 0 Å². The van der Waals surface area contributed by atoms with Crippen LogP contribution in [-0.4, -0.2) is 45.6 Å². The van der Waals surface area contributed by atoms with E-state index in [0.29, 0.717) is 28.9 Å². The van der Waals surface area contributed by atoms with E-state index in [2.05, 4.69) is 23.3 Å². The van der Waals surface area contributed by atoms with Crippen LogP contribution in [0.1, 0.15) is 45.4 Å². The summed E-state index contributed by atoms with van der Waals surface area (Å²) in [6.07, 6.45) is 1.74. The quantitative estimate of drug-likeness (QED) is 0.637. The number of fused-ring (bicyclic) bond motifs is 5. The van der Waals surface area contributed by atoms with Crippen LogP contribution in [0.15, 0.2) is 36.5 Å². The number of halogens is 1. The molecular formula is C29H30FN5O3. The van der Waals surface area contributed by atoms with Gasteiger partial charge >= 0.3 is 6.09 Å². The summed E-state index contributed by atoms with van der Waals surface area (Å²) in [5.74, 6) is 0.370. The molecule has 1 aromatic heterocycles. The molecule has 1 aromatic carbocycles. The van der Waals surface area contributed by atoms with E-state index in [9.17, 15) is 19.2 Å². The molecule has 2 saturated carbocycles. The lowest BCUT2D eigenvalue weighted by molar-refractivity contribution is -0.128. The van der Waals surface area contributed by atoms with Crippen molar-refractivity contribution in [2.24, 2.45) is 23.7 Å². The Bertz CT molecular complexity index is 1360. The number of likely N-dealkylation sites (tertiary alicyclic amines) is 1. The first-order chi connectivity index (χ1) is 18.0. The SMILES string of the molecule is CC1C2C3CC(C12)N(C(=O)OC(C)(C)C)C3C(=O)NC(C#N)Cc1ccc(-c2ccc(C#N)nc2)cc1F. The van der Waals surface area contributed by atoms with Gasteiger partial charge in [0.2, 0.25) is 5.91 Å². The molecule has 0 spiro atoms. The third-order valence-corrected chi connectivity index (χ3v) is 8.07. The van der Waals surface area contributed by atoms with E-state index >= 15 is 0 Å². The fourth-order valence-electron chi connectivity index (χ4n) is 6.47. The molecular weight excluding hydrogens is 485 g/mol. The number of carbonyl (C=O) groups is 2. The number of nitrogens with zero attached hydrogens (tertiary/aromatic N) is 4. The minimum absolute atomic E-state index is 0.0182. The van der Waals surface area contributed by atoms with E-state index in [1.165, 1.54) is 12.3 Å². The van der Waals surface area contributed by atoms with Gasteiger partial charge in [-0.1, -0.05) is 19.1 Å². The van der Waals surface area contributed by atoms with Crippen molar-refractivity contribution in [2.75, 3.05) is 0 Å². The largest absolute Gasteiger partial charge is 0.444 e. The molecule has 0 radical (unpaired) electrons. The molecule has 2 aliphatic carbocycles. The Morgan fingerprint density at radius 2 is 1.95 bits per heavy atom. The number of benzene rings is 1. The van der Waals surface area contributed by atoms with Crippen molar-refractivity contribution < 1.29 is 18.7 Å². The Hall–Kier alpha value is -3.98. The summed E-state index contributed by atoms with van der Waals surface area (Å²) in [7, 11) is 0. The standard InChI is InChI=1S/C29H30FN5O3/c1-15-24-21-11-23(25(15)24)35(28(37)38-29(2,3)4)26(21)27(36)34-20(13-32)9-17-6-5-16(10-22(17)30)18-7-8-19(12-31)33-14-18/h5-8,10,14-15,20-21,23-26H,9,11H2,1-4H3,(H,34,36). The molecule has 7 unspecified atom stereocenters. The van der Waals surface area contributed by atoms with Crippen LogP contribution >= 0.6 is 0 Å². The fourth-order valence-corrected chi connectivity index (χ4v) is 6.47. The predicted octanol–water partition coefficient (Wildman–Crippen LogP) is 4.20. The Labute approximate surface area is 221 Å². The number of ether oxygens (including phenoxy) is 1. The molecule has 3 aliphatic rings. The van der Waals surface area contributed by atoms with E-state index in [1.54, 1.807) is 49.9 Å². The Balaban J connectivity index is 1.30. The average molecular weight is 516 g/mol. The van der Waals surface area contributed by atoms with Crippen molar-refractivity contribution in [3.8, 4) is 23.3 Å². The monoisotopic (exact) mass is 515 g/mol. The van der Waals surface area contributed by atoms with Crippen LogP contribution in [-0.2, 0) is 16.0 Å². The number of hydrogen-bond donors (Lipinski definition) is 1. The Kier molecular flexibility index (Phi) is 6.35. The molecule has 38 heavy (non-hydrogen) atoms. The number of amides is 2. The number of piperidine rings is 1. The van der Waals surface area contributed by atoms with Gasteiger partial charge in [0.05, 0.1) is 6.07 Å². The van der Waals surface area contributed by atoms with Gasteiger partial charge < -0.3 is 10.1 Å². The molecule has 5 rings (SSSR count). The highest BCUT2D eigenvalue weighted by atomic mass is 19.1. The summed E-state index contributed by atoms with van der Waals surface area (Å²) in [4.78, 5) is 32.2. The molecule has 2 aromatic rings. The van der Waals surface area contributed by atoms with Crippen LogP contribution in [0.2, 0.25) is 0 Å². The van der Waals surface area contributed by atoms with Crippen LogP contribution in [0.25, 0.3) is 11.1 Å². The van der Waals surface area contributed by atoms with Gasteiger partial charge in [-0.25, -0.2) is 14.2 Å². The number of nitrogens with one attached hydrogen (secondary N) is 1. The molecule has 3 fully saturated rings. The number of rotatable bonds is 5. The Morgan fingerprint density at radius 1 is 1.21 bits per heavy atom. The van der Waals surface area contributed by atoms with Crippen molar-refractivity contribution in [3.63, 3.8) is 0 Å². The highest BCUT2D eigenvalue weighted by molar-refractivity contribution is 5.88. The third kappa shape index (κ3) is 4.58. The zero-order valence-electron chi connectivity index (χ0n) is 21.8. The lowest BCUT2D eigenvalue weighted by Gasteiger charge is -2.35. The first kappa shape index (κ1) is 25.7. The van der Waals surface area contributed by atoms with Gasteiger partial charge in [-0.2, -0.15) is 10.5 Å². The molecule has 2 bridgehead atoms. The summed E-state index contributed by atoms with van der Waals surface area (Å²) >= 11 is 0. The van der Waals surface area contributed by atoms with E-state index in [1.807, 2.05) is 6.07 Å². The number of carbonyl (C=O) groups excluding carboxylic acids is 2. The normalized spacial score (nSPS) is 27.6. The van der Waals surface area contributed by atoms with Crippen LogP contribution < -0.4 is 5.32 Å². The zero-order valence-corrected chi connectivity index (χ0v) is 21.8. The summed E-state index contributed by atoms with van der Waals surface area (Å²) in [6.45, 7) is 7.53. The van der Waals surface area contributed by atoms with Crippen LogP contribution in [0.3, 0.4) is 0 Å². The van der Waals surface area contributed by atoms with Crippen molar-refractivity contribution >= 4 is 12.0 Å². The minimum atomic E-state index is -0.966. The lowest BCUT2D eigenvalue weighted by Crippen LogP contribution is -2.56. The van der Waals surface area contributed by atoms with E-state index in [0.717, 1.165) is 6.42 Å². The van der Waals surface area contributed by atoms with Crippen molar-refractivity contribution in [3.05, 3.63) is 53.6 Å². The summed E-state index contributed by atoms with van der Waals surface area (Å²) in [6, 6.07) is 10.2. The van der Waals surface area contributed by atoms with E-state index < -0.39 is 35.5 Å². The second-order valence-corrected chi connectivity index (χ2v) is 11.6. The number of hydrogen-bond acceptors (Lipinski definition) is 6. The van der Waals surface area contributed by atoms with Gasteiger partial charge in [-0.3, -0.25) is 9.69 Å². The maximum atomic E-state index is 15.0. The van der Waals surface area contributed by atoms with E-state index in [-0.39, 0.29) is 29.6 Å². The van der Waals surface area contributed by atoms with E-state index in [4.69, 9.17) is 10.00 Å². The van der Waals surface area contributed by atoms with Gasteiger partial charge in [0.25, 0.3) is 0 Å². The summed E-state index contributed by atoms with van der Waals surface area (Å²) in [5.41, 5.74) is 1.11. The van der Waals surface area contributed by atoms with Gasteiger partial charge in [0.15, 0.2) is 0 Å². The molecule has 2 amide bonds. The molecule has 1 N–H and O–H groups in total. The van der Waals surface area contributed by atoms with Crippen LogP contribution in [0, 0.1) is 52.2 Å². The molecule has 2 heterocycles. The van der Waals surface area contributed by atoms with Gasteiger partial charge in [-0.15, -0.1) is 0 Å². The number of pyridine rings is 1. The topological polar surface area (TPSA) is 119 Å². The molecule has 9 heteroatoms. The maximum Gasteiger partial charge on any atom is 0.411 e. The van der Waals surface area contributed by atoms with Crippen molar-refractivity contribution in [2.45, 2.75) is 64.3 Å². The summed E-state index contributed by atoms with van der Waals surface area (Å²) in [5, 5.41) is 21.5. The van der Waals surface area contributed by atoms with Crippen LogP contribution in [0.4, 0.5) is 9.18 Å². The molecule has 196 valence electrons. The average Bonchev–Trinajstić information content (AvgIpc) is 3.22. The third-order valence-electron chi connectivity index (χ3n) is 8.07. The molecule has 7 atom stereocenters. The second-order valence-electron chi connectivity index (χ2n) is 11.6. The highest BCUT2D eigenvalue weighted by Gasteiger charge is 2.71. The van der Waals surface area contributed by atoms with Gasteiger partial charge in [0.1, 0.15) is 35.3 Å².